The van der Waals surface area contributed by atoms with Crippen LogP contribution in [0, 0.1) is 0 Å². The second kappa shape index (κ2) is 7.81. The van der Waals surface area contributed by atoms with Crippen molar-refractivity contribution >= 4 is 31.8 Å². The molecule has 1 heterocycles. The lowest BCUT2D eigenvalue weighted by Gasteiger charge is -2.13. The molecule has 1 unspecified atom stereocenters. The fraction of sp³-hybridized carbons (Fsp3) is 0.174. The van der Waals surface area contributed by atoms with Gasteiger partial charge >= 0.3 is 0 Å². The van der Waals surface area contributed by atoms with Crippen LogP contribution < -0.4 is 4.74 Å². The smallest absolute Gasteiger partial charge is 0.264 e. The zero-order chi connectivity index (χ0) is 20.4. The third-order valence-corrected chi connectivity index (χ3v) is 5.31. The average molecular weight is 407 g/mol. The largest absolute Gasteiger partial charge is 0.487 e. The van der Waals surface area contributed by atoms with E-state index in [9.17, 15) is 8.42 Å². The number of hydrogen-bond acceptors (Lipinski definition) is 5. The van der Waals surface area contributed by atoms with Gasteiger partial charge in [-0.15, -0.1) is 0 Å². The Morgan fingerprint density at radius 3 is 2.48 bits per heavy atom. The van der Waals surface area contributed by atoms with E-state index in [2.05, 4.69) is 4.98 Å². The maximum absolute atomic E-state index is 11.4. The molecular weight excluding hydrogens is 386 g/mol. The molecule has 1 atom stereocenters. The number of fused-ring (bicyclic) bond motifs is 2. The predicted octanol–water partition coefficient (Wildman–Crippen LogP) is 5.00. The number of pyridine rings is 1. The van der Waals surface area contributed by atoms with Gasteiger partial charge in [0.15, 0.2) is 0 Å². The summed E-state index contributed by atoms with van der Waals surface area (Å²) in [4.78, 5) is 4.63. The van der Waals surface area contributed by atoms with Crippen LogP contribution in [-0.2, 0) is 20.9 Å². The van der Waals surface area contributed by atoms with Gasteiger partial charge in [-0.05, 0) is 53.6 Å². The normalized spacial score (nSPS) is 12.9. The minimum atomic E-state index is -3.52. The van der Waals surface area contributed by atoms with E-state index in [1.807, 2.05) is 72.8 Å². The van der Waals surface area contributed by atoms with Crippen LogP contribution in [0.3, 0.4) is 0 Å². The lowest BCUT2D eigenvalue weighted by Crippen LogP contribution is -2.07. The van der Waals surface area contributed by atoms with E-state index in [4.69, 9.17) is 8.92 Å². The molecule has 29 heavy (non-hydrogen) atoms. The van der Waals surface area contributed by atoms with Crippen LogP contribution in [0.4, 0.5) is 0 Å². The Morgan fingerprint density at radius 2 is 1.66 bits per heavy atom. The number of benzene rings is 3. The Kier molecular flexibility index (Phi) is 5.22. The van der Waals surface area contributed by atoms with Crippen LogP contribution >= 0.6 is 0 Å². The molecule has 0 amide bonds. The van der Waals surface area contributed by atoms with E-state index in [0.717, 1.165) is 44.9 Å². The Balaban J connectivity index is 1.54. The van der Waals surface area contributed by atoms with Gasteiger partial charge in [-0.25, -0.2) is 4.98 Å². The van der Waals surface area contributed by atoms with Crippen molar-refractivity contribution in [2.75, 3.05) is 6.26 Å². The summed E-state index contributed by atoms with van der Waals surface area (Å²) >= 11 is 0. The molecule has 0 fully saturated rings. The zero-order valence-electron chi connectivity index (χ0n) is 16.2. The summed E-state index contributed by atoms with van der Waals surface area (Å²) in [7, 11) is -3.52. The number of hydrogen-bond donors (Lipinski definition) is 0. The monoisotopic (exact) mass is 407 g/mol. The number of nitrogens with zero attached hydrogens (tertiary/aromatic N) is 1. The summed E-state index contributed by atoms with van der Waals surface area (Å²) in [5.41, 5.74) is 2.58. The van der Waals surface area contributed by atoms with Gasteiger partial charge in [0.1, 0.15) is 12.4 Å². The SMILES string of the molecule is CC(OS(C)(=O)=O)c1ccc2ccc(OCc3ccc4ccccc4n3)cc2c1. The highest BCUT2D eigenvalue weighted by atomic mass is 32.2. The average Bonchev–Trinajstić information content (AvgIpc) is 2.70. The molecule has 0 aliphatic heterocycles. The Bertz CT molecular complexity index is 1280. The van der Waals surface area contributed by atoms with Crippen molar-refractivity contribution < 1.29 is 17.3 Å². The van der Waals surface area contributed by atoms with Gasteiger partial charge in [-0.3, -0.25) is 4.18 Å². The van der Waals surface area contributed by atoms with E-state index >= 15 is 0 Å². The van der Waals surface area contributed by atoms with Crippen LogP contribution in [-0.4, -0.2) is 19.7 Å². The lowest BCUT2D eigenvalue weighted by atomic mass is 10.0. The zero-order valence-corrected chi connectivity index (χ0v) is 17.0. The second-order valence-electron chi connectivity index (χ2n) is 6.99. The molecule has 0 saturated carbocycles. The number of aromatic nitrogens is 1. The standard InChI is InChI=1S/C23H21NO4S/c1-16(28-29(2,25)26)19-8-7-17-10-12-22(14-20(17)13-19)27-15-21-11-9-18-5-3-4-6-23(18)24-21/h3-14,16H,15H2,1-2H3. The number of para-hydroxylation sites is 1. The molecule has 1 aromatic heterocycles. The first kappa shape index (κ1) is 19.4. The van der Waals surface area contributed by atoms with Crippen molar-refractivity contribution in [2.24, 2.45) is 0 Å². The molecule has 3 aromatic carbocycles. The van der Waals surface area contributed by atoms with Crippen molar-refractivity contribution in [3.63, 3.8) is 0 Å². The van der Waals surface area contributed by atoms with Crippen molar-refractivity contribution in [3.8, 4) is 5.75 Å². The maximum atomic E-state index is 11.4. The fourth-order valence-corrected chi connectivity index (χ4v) is 3.89. The van der Waals surface area contributed by atoms with Gasteiger partial charge in [0.2, 0.25) is 0 Å². The van der Waals surface area contributed by atoms with Crippen molar-refractivity contribution in [2.45, 2.75) is 19.6 Å². The molecule has 148 valence electrons. The summed E-state index contributed by atoms with van der Waals surface area (Å²) in [5.74, 6) is 0.723. The Hall–Kier alpha value is -2.96. The van der Waals surface area contributed by atoms with Crippen molar-refractivity contribution in [1.82, 2.24) is 4.98 Å². The topological polar surface area (TPSA) is 65.5 Å². The van der Waals surface area contributed by atoms with Gasteiger partial charge in [-0.2, -0.15) is 8.42 Å². The first-order valence-electron chi connectivity index (χ1n) is 9.27. The van der Waals surface area contributed by atoms with E-state index in [-0.39, 0.29) is 0 Å². The van der Waals surface area contributed by atoms with E-state index < -0.39 is 16.2 Å². The minimum absolute atomic E-state index is 0.365. The highest BCUT2D eigenvalue weighted by molar-refractivity contribution is 7.86. The molecule has 4 rings (SSSR count). The third kappa shape index (κ3) is 4.72. The highest BCUT2D eigenvalue weighted by Crippen LogP contribution is 2.27. The van der Waals surface area contributed by atoms with Gasteiger partial charge in [0.25, 0.3) is 10.1 Å². The van der Waals surface area contributed by atoms with Gasteiger partial charge in [0.05, 0.1) is 23.6 Å². The van der Waals surface area contributed by atoms with Gasteiger partial charge in [0, 0.05) is 5.39 Å². The summed E-state index contributed by atoms with van der Waals surface area (Å²) < 4.78 is 33.8. The summed E-state index contributed by atoms with van der Waals surface area (Å²) in [6, 6.07) is 23.5. The first-order valence-corrected chi connectivity index (χ1v) is 11.1. The van der Waals surface area contributed by atoms with Crippen LogP contribution in [0.1, 0.15) is 24.3 Å². The fourth-order valence-electron chi connectivity index (χ4n) is 3.25. The molecule has 0 N–H and O–H groups in total. The molecule has 5 nitrogen and oxygen atoms in total. The minimum Gasteiger partial charge on any atom is -0.487 e. The number of rotatable bonds is 6. The molecule has 0 saturated heterocycles. The van der Waals surface area contributed by atoms with E-state index in [1.54, 1.807) is 6.92 Å². The molecular formula is C23H21NO4S. The maximum Gasteiger partial charge on any atom is 0.264 e. The molecule has 0 bridgehead atoms. The van der Waals surface area contributed by atoms with Crippen LogP contribution in [0.2, 0.25) is 0 Å². The van der Waals surface area contributed by atoms with Crippen LogP contribution in [0.25, 0.3) is 21.7 Å². The molecule has 0 spiro atoms. The van der Waals surface area contributed by atoms with E-state index in [0.29, 0.717) is 6.61 Å². The highest BCUT2D eigenvalue weighted by Gasteiger charge is 2.13. The molecule has 0 radical (unpaired) electrons. The summed E-state index contributed by atoms with van der Waals surface area (Å²) in [6.07, 6.45) is 0.498. The first-order chi connectivity index (χ1) is 13.9. The second-order valence-corrected chi connectivity index (χ2v) is 8.60. The molecule has 0 aliphatic carbocycles. The number of ether oxygens (including phenoxy) is 1. The Morgan fingerprint density at radius 1 is 0.897 bits per heavy atom. The van der Waals surface area contributed by atoms with Crippen LogP contribution in [0.5, 0.6) is 5.75 Å². The molecule has 0 aliphatic rings. The summed E-state index contributed by atoms with van der Waals surface area (Å²) in [5, 5.41) is 3.09. The van der Waals surface area contributed by atoms with E-state index in [1.165, 1.54) is 0 Å². The quantitative estimate of drug-likeness (QED) is 0.421. The Labute approximate surface area is 170 Å². The summed E-state index contributed by atoms with van der Waals surface area (Å²) in [6.45, 7) is 2.08. The van der Waals surface area contributed by atoms with Crippen molar-refractivity contribution in [1.29, 1.82) is 0 Å². The molecule has 4 aromatic rings. The van der Waals surface area contributed by atoms with Crippen molar-refractivity contribution in [3.05, 3.63) is 84.1 Å². The van der Waals surface area contributed by atoms with Gasteiger partial charge in [-0.1, -0.05) is 42.5 Å². The third-order valence-electron chi connectivity index (χ3n) is 4.67. The molecule has 6 heteroatoms. The van der Waals surface area contributed by atoms with Gasteiger partial charge < -0.3 is 4.74 Å². The predicted molar refractivity (Wildman–Crippen MR) is 114 cm³/mol. The van der Waals surface area contributed by atoms with Crippen LogP contribution in [0.15, 0.2) is 72.8 Å². The lowest BCUT2D eigenvalue weighted by molar-refractivity contribution is 0.237.